The van der Waals surface area contributed by atoms with E-state index >= 15 is 0 Å². The van der Waals surface area contributed by atoms with Gasteiger partial charge in [0.1, 0.15) is 5.75 Å². The van der Waals surface area contributed by atoms with E-state index in [1.165, 1.54) is 29.8 Å². The van der Waals surface area contributed by atoms with E-state index < -0.39 is 0 Å². The van der Waals surface area contributed by atoms with E-state index in [1.807, 2.05) is 0 Å². The molecule has 26 heavy (non-hydrogen) atoms. The van der Waals surface area contributed by atoms with Crippen molar-refractivity contribution in [3.05, 3.63) is 47.3 Å². The summed E-state index contributed by atoms with van der Waals surface area (Å²) in [6, 6.07) is 10.9. The summed E-state index contributed by atoms with van der Waals surface area (Å²) in [7, 11) is 0. The van der Waals surface area contributed by atoms with Crippen molar-refractivity contribution >= 4 is 0 Å². The zero-order valence-electron chi connectivity index (χ0n) is 16.4. The van der Waals surface area contributed by atoms with E-state index in [2.05, 4.69) is 66.6 Å². The summed E-state index contributed by atoms with van der Waals surface area (Å²) < 4.78 is 5.73. The van der Waals surface area contributed by atoms with E-state index in [4.69, 9.17) is 4.74 Å². The Balaban J connectivity index is 1.56. The molecule has 1 aliphatic rings. The van der Waals surface area contributed by atoms with Crippen LogP contribution in [0.5, 0.6) is 5.75 Å². The number of aromatic amines is 1. The predicted molar refractivity (Wildman–Crippen MR) is 107 cm³/mol. The molecule has 1 fully saturated rings. The number of benzene rings is 1. The SMILES string of the molecule is CCC(CCc1ccc(OC(C)C)cc1)c1cc(C2CCNCC2)[nH]n1. The number of aryl methyl sites for hydroxylation is 1. The maximum Gasteiger partial charge on any atom is 0.119 e. The maximum atomic E-state index is 5.73. The molecule has 0 spiro atoms. The highest BCUT2D eigenvalue weighted by molar-refractivity contribution is 5.28. The first kappa shape index (κ1) is 19.0. The molecule has 2 heterocycles. The smallest absolute Gasteiger partial charge is 0.119 e. The zero-order valence-corrected chi connectivity index (χ0v) is 16.4. The summed E-state index contributed by atoms with van der Waals surface area (Å²) in [4.78, 5) is 0. The van der Waals surface area contributed by atoms with Crippen LogP contribution in [0.2, 0.25) is 0 Å². The van der Waals surface area contributed by atoms with Gasteiger partial charge in [0.15, 0.2) is 0 Å². The second-order valence-corrected chi connectivity index (χ2v) is 7.73. The van der Waals surface area contributed by atoms with Gasteiger partial charge < -0.3 is 10.1 Å². The molecule has 0 amide bonds. The molecule has 0 aliphatic carbocycles. The number of nitrogens with one attached hydrogen (secondary N) is 2. The Hall–Kier alpha value is -1.81. The average molecular weight is 356 g/mol. The number of aromatic nitrogens is 2. The molecule has 4 heteroatoms. The molecular weight excluding hydrogens is 322 g/mol. The van der Waals surface area contributed by atoms with Crippen molar-refractivity contribution in [2.24, 2.45) is 0 Å². The molecule has 4 nitrogen and oxygen atoms in total. The molecule has 1 aliphatic heterocycles. The zero-order chi connectivity index (χ0) is 18.4. The third kappa shape index (κ3) is 5.10. The highest BCUT2D eigenvalue weighted by Gasteiger charge is 2.20. The van der Waals surface area contributed by atoms with Gasteiger partial charge in [-0.1, -0.05) is 19.1 Å². The Kier molecular flexibility index (Phi) is 6.73. The Labute approximate surface area is 157 Å². The van der Waals surface area contributed by atoms with Crippen LogP contribution in [0.3, 0.4) is 0 Å². The standard InChI is InChI=1S/C22H33N3O/c1-4-18(8-5-17-6-9-20(10-7-17)26-16(2)3)21-15-22(25-24-21)19-11-13-23-14-12-19/h6-7,9-10,15-16,18-19,23H,4-5,8,11-14H2,1-3H3,(H,24,25). The van der Waals surface area contributed by atoms with Gasteiger partial charge in [0.05, 0.1) is 11.8 Å². The normalized spacial score (nSPS) is 16.8. The van der Waals surface area contributed by atoms with E-state index in [-0.39, 0.29) is 6.10 Å². The minimum Gasteiger partial charge on any atom is -0.491 e. The van der Waals surface area contributed by atoms with Crippen LogP contribution in [0.25, 0.3) is 0 Å². The summed E-state index contributed by atoms with van der Waals surface area (Å²) in [6.07, 6.45) is 5.99. The van der Waals surface area contributed by atoms with Gasteiger partial charge in [-0.3, -0.25) is 5.10 Å². The average Bonchev–Trinajstić information content (AvgIpc) is 3.14. The number of hydrogen-bond donors (Lipinski definition) is 2. The van der Waals surface area contributed by atoms with Crippen molar-refractivity contribution in [1.29, 1.82) is 0 Å². The number of H-pyrrole nitrogens is 1. The van der Waals surface area contributed by atoms with Crippen LogP contribution in [0.1, 0.15) is 75.2 Å². The van der Waals surface area contributed by atoms with Crippen LogP contribution < -0.4 is 10.1 Å². The number of nitrogens with zero attached hydrogens (tertiary/aromatic N) is 1. The molecule has 1 saturated heterocycles. The monoisotopic (exact) mass is 355 g/mol. The summed E-state index contributed by atoms with van der Waals surface area (Å²) in [5, 5.41) is 11.4. The second-order valence-electron chi connectivity index (χ2n) is 7.73. The van der Waals surface area contributed by atoms with Crippen LogP contribution in [-0.2, 0) is 6.42 Å². The first-order valence-corrected chi connectivity index (χ1v) is 10.2. The van der Waals surface area contributed by atoms with Crippen LogP contribution >= 0.6 is 0 Å². The van der Waals surface area contributed by atoms with Gasteiger partial charge in [-0.15, -0.1) is 0 Å². The van der Waals surface area contributed by atoms with Gasteiger partial charge in [0.2, 0.25) is 0 Å². The van der Waals surface area contributed by atoms with Crippen molar-refractivity contribution in [2.75, 3.05) is 13.1 Å². The van der Waals surface area contributed by atoms with Crippen molar-refractivity contribution < 1.29 is 4.74 Å². The first-order valence-electron chi connectivity index (χ1n) is 10.2. The van der Waals surface area contributed by atoms with E-state index in [9.17, 15) is 0 Å². The van der Waals surface area contributed by atoms with Crippen LogP contribution in [0, 0.1) is 0 Å². The third-order valence-corrected chi connectivity index (χ3v) is 5.38. The fourth-order valence-corrected chi connectivity index (χ4v) is 3.81. The second kappa shape index (κ2) is 9.22. The summed E-state index contributed by atoms with van der Waals surface area (Å²) in [6.45, 7) is 8.62. The molecular formula is C22H33N3O. The Morgan fingerprint density at radius 2 is 1.88 bits per heavy atom. The minimum atomic E-state index is 0.221. The first-order chi connectivity index (χ1) is 12.7. The lowest BCUT2D eigenvalue weighted by Gasteiger charge is -2.21. The van der Waals surface area contributed by atoms with Gasteiger partial charge >= 0.3 is 0 Å². The van der Waals surface area contributed by atoms with Gasteiger partial charge in [-0.05, 0) is 82.8 Å². The lowest BCUT2D eigenvalue weighted by Crippen LogP contribution is -2.26. The highest BCUT2D eigenvalue weighted by Crippen LogP contribution is 2.29. The highest BCUT2D eigenvalue weighted by atomic mass is 16.5. The molecule has 2 aromatic rings. The largest absolute Gasteiger partial charge is 0.491 e. The molecule has 1 atom stereocenters. The molecule has 3 rings (SSSR count). The molecule has 0 saturated carbocycles. The van der Waals surface area contributed by atoms with Crippen LogP contribution in [0.15, 0.2) is 30.3 Å². The van der Waals surface area contributed by atoms with Gasteiger partial charge in [-0.25, -0.2) is 0 Å². The fraction of sp³-hybridized carbons (Fsp3) is 0.591. The Bertz CT molecular complexity index is 656. The lowest BCUT2D eigenvalue weighted by molar-refractivity contribution is 0.242. The van der Waals surface area contributed by atoms with Gasteiger partial charge in [-0.2, -0.15) is 5.10 Å². The Morgan fingerprint density at radius 1 is 1.15 bits per heavy atom. The summed E-state index contributed by atoms with van der Waals surface area (Å²) in [5.74, 6) is 2.12. The predicted octanol–water partition coefficient (Wildman–Crippen LogP) is 4.79. The third-order valence-electron chi connectivity index (χ3n) is 5.38. The van der Waals surface area contributed by atoms with Crippen molar-refractivity contribution in [2.45, 2.75) is 70.8 Å². The minimum absolute atomic E-state index is 0.221. The van der Waals surface area contributed by atoms with Crippen molar-refractivity contribution in [1.82, 2.24) is 15.5 Å². The number of piperidine rings is 1. The van der Waals surface area contributed by atoms with Crippen LogP contribution in [-0.4, -0.2) is 29.4 Å². The van der Waals surface area contributed by atoms with E-state index in [0.717, 1.165) is 38.1 Å². The molecule has 2 N–H and O–H groups in total. The topological polar surface area (TPSA) is 49.9 Å². The summed E-state index contributed by atoms with van der Waals surface area (Å²) in [5.41, 5.74) is 3.93. The molecule has 0 radical (unpaired) electrons. The van der Waals surface area contributed by atoms with E-state index in [1.54, 1.807) is 0 Å². The van der Waals surface area contributed by atoms with Crippen LogP contribution in [0.4, 0.5) is 0 Å². The van der Waals surface area contributed by atoms with Crippen molar-refractivity contribution in [3.63, 3.8) is 0 Å². The quantitative estimate of drug-likeness (QED) is 0.716. The van der Waals surface area contributed by atoms with Gasteiger partial charge in [0.25, 0.3) is 0 Å². The maximum absolute atomic E-state index is 5.73. The summed E-state index contributed by atoms with van der Waals surface area (Å²) >= 11 is 0. The molecule has 1 aromatic heterocycles. The van der Waals surface area contributed by atoms with E-state index in [0.29, 0.717) is 11.8 Å². The van der Waals surface area contributed by atoms with Gasteiger partial charge in [0, 0.05) is 17.5 Å². The molecule has 1 aromatic carbocycles. The molecule has 1 unspecified atom stereocenters. The Morgan fingerprint density at radius 3 is 2.54 bits per heavy atom. The molecule has 0 bridgehead atoms. The molecule has 142 valence electrons. The lowest BCUT2D eigenvalue weighted by atomic mass is 9.91. The number of hydrogen-bond acceptors (Lipinski definition) is 3. The fourth-order valence-electron chi connectivity index (χ4n) is 3.81. The van der Waals surface area contributed by atoms with Crippen molar-refractivity contribution in [3.8, 4) is 5.75 Å². The number of rotatable bonds is 8. The number of ether oxygens (including phenoxy) is 1.